The largest absolute Gasteiger partial charge is 0.465 e. The highest BCUT2D eigenvalue weighted by Gasteiger charge is 2.20. The summed E-state index contributed by atoms with van der Waals surface area (Å²) in [6.45, 7) is 3.94. The molecule has 0 heterocycles. The van der Waals surface area contributed by atoms with Gasteiger partial charge in [0.25, 0.3) is 0 Å². The second-order valence-corrected chi connectivity index (χ2v) is 7.24. The van der Waals surface area contributed by atoms with Gasteiger partial charge in [-0.3, -0.25) is 4.79 Å². The molecule has 1 atom stereocenters. The Morgan fingerprint density at radius 3 is 2.37 bits per heavy atom. The average molecular weight is 384 g/mol. The monoisotopic (exact) mass is 383 g/mol. The molecule has 2 aromatic carbocycles. The molecule has 0 saturated heterocycles. The number of hydrogen-bond acceptors (Lipinski definition) is 3. The van der Waals surface area contributed by atoms with Gasteiger partial charge in [0, 0.05) is 17.5 Å². The summed E-state index contributed by atoms with van der Waals surface area (Å²) in [6.07, 6.45) is 5.12. The van der Waals surface area contributed by atoms with E-state index >= 15 is 0 Å². The highest BCUT2D eigenvalue weighted by molar-refractivity contribution is 7.98. The second kappa shape index (κ2) is 9.42. The van der Waals surface area contributed by atoms with Crippen LogP contribution in [0.15, 0.2) is 53.4 Å². The summed E-state index contributed by atoms with van der Waals surface area (Å²) in [5.41, 5.74) is 3.57. The van der Waals surface area contributed by atoms with E-state index in [2.05, 4.69) is 0 Å². The van der Waals surface area contributed by atoms with Gasteiger partial charge in [-0.15, -0.1) is 11.8 Å². The van der Waals surface area contributed by atoms with Gasteiger partial charge in [-0.05, 0) is 66.6 Å². The Hall–Kier alpha value is -2.53. The van der Waals surface area contributed by atoms with Crippen molar-refractivity contribution in [1.29, 1.82) is 0 Å². The van der Waals surface area contributed by atoms with Gasteiger partial charge < -0.3 is 10.0 Å². The fourth-order valence-electron chi connectivity index (χ4n) is 3.04. The molecule has 0 saturated carbocycles. The smallest absolute Gasteiger partial charge is 0.407 e. The Morgan fingerprint density at radius 2 is 1.85 bits per heavy atom. The van der Waals surface area contributed by atoms with Crippen molar-refractivity contribution in [3.05, 3.63) is 70.8 Å². The maximum absolute atomic E-state index is 12.3. The summed E-state index contributed by atoms with van der Waals surface area (Å²) in [4.78, 5) is 26.1. The summed E-state index contributed by atoms with van der Waals surface area (Å²) in [5, 5.41) is 9.25. The number of carboxylic acid groups (broad SMARTS) is 1. The predicted molar refractivity (Wildman–Crippen MR) is 112 cm³/mol. The lowest BCUT2D eigenvalue weighted by Gasteiger charge is -2.26. The maximum atomic E-state index is 12.3. The van der Waals surface area contributed by atoms with Crippen molar-refractivity contribution in [3.8, 4) is 0 Å². The number of nitrogens with zero attached hydrogens (tertiary/aromatic N) is 1. The van der Waals surface area contributed by atoms with Gasteiger partial charge in [-0.25, -0.2) is 4.79 Å². The van der Waals surface area contributed by atoms with E-state index in [1.54, 1.807) is 31.0 Å². The van der Waals surface area contributed by atoms with E-state index in [0.717, 1.165) is 21.6 Å². The molecule has 0 aliphatic heterocycles. The van der Waals surface area contributed by atoms with Crippen LogP contribution in [0.1, 0.15) is 46.4 Å². The molecule has 0 aliphatic rings. The zero-order valence-electron chi connectivity index (χ0n) is 16.1. The lowest BCUT2D eigenvalue weighted by atomic mass is 9.96. The molecule has 1 N–H and O–H groups in total. The molecule has 4 nitrogen and oxygen atoms in total. The van der Waals surface area contributed by atoms with Gasteiger partial charge >= 0.3 is 6.09 Å². The number of ketones is 1. The number of carbonyl (C=O) groups excluding carboxylic acids is 1. The zero-order valence-corrected chi connectivity index (χ0v) is 16.9. The highest BCUT2D eigenvalue weighted by atomic mass is 32.2. The lowest BCUT2D eigenvalue weighted by Crippen LogP contribution is -2.29. The number of allylic oxidation sites excluding steroid dienone is 1. The molecule has 0 bridgehead atoms. The van der Waals surface area contributed by atoms with E-state index in [1.165, 1.54) is 4.90 Å². The molecule has 2 aromatic rings. The SMILES string of the molecule is CCC(c1ccc(C=CC(=O)c2ccc(SC)cc2)cc1C)N(C)C(=O)O. The first-order chi connectivity index (χ1) is 12.9. The first-order valence-corrected chi connectivity index (χ1v) is 10.0. The van der Waals surface area contributed by atoms with Crippen LogP contribution in [0.3, 0.4) is 0 Å². The van der Waals surface area contributed by atoms with Gasteiger partial charge in [0.05, 0.1) is 6.04 Å². The topological polar surface area (TPSA) is 57.6 Å². The molecule has 0 aromatic heterocycles. The Morgan fingerprint density at radius 1 is 1.19 bits per heavy atom. The lowest BCUT2D eigenvalue weighted by molar-refractivity contribution is 0.104. The number of carbonyl (C=O) groups is 2. The second-order valence-electron chi connectivity index (χ2n) is 6.36. The van der Waals surface area contributed by atoms with Crippen molar-refractivity contribution in [1.82, 2.24) is 4.90 Å². The van der Waals surface area contributed by atoms with Crippen molar-refractivity contribution in [2.45, 2.75) is 31.2 Å². The number of hydrogen-bond donors (Lipinski definition) is 1. The van der Waals surface area contributed by atoms with Crippen LogP contribution in [-0.2, 0) is 0 Å². The van der Waals surface area contributed by atoms with Crippen LogP contribution in [0.5, 0.6) is 0 Å². The quantitative estimate of drug-likeness (QED) is 0.380. The van der Waals surface area contributed by atoms with Crippen molar-refractivity contribution >= 4 is 29.7 Å². The van der Waals surface area contributed by atoms with Crippen LogP contribution >= 0.6 is 11.8 Å². The Kier molecular flexibility index (Phi) is 7.25. The summed E-state index contributed by atoms with van der Waals surface area (Å²) in [6, 6.07) is 13.2. The van der Waals surface area contributed by atoms with Gasteiger partial charge in [-0.1, -0.05) is 31.2 Å². The molecule has 0 fully saturated rings. The first-order valence-electron chi connectivity index (χ1n) is 8.80. The van der Waals surface area contributed by atoms with Crippen molar-refractivity contribution < 1.29 is 14.7 Å². The molecule has 2 rings (SSSR count). The van der Waals surface area contributed by atoms with E-state index < -0.39 is 6.09 Å². The van der Waals surface area contributed by atoms with Gasteiger partial charge in [0.2, 0.25) is 0 Å². The zero-order chi connectivity index (χ0) is 20.0. The molecule has 1 unspecified atom stereocenters. The van der Waals surface area contributed by atoms with Gasteiger partial charge in [-0.2, -0.15) is 0 Å². The first kappa shape index (κ1) is 20.8. The third-order valence-electron chi connectivity index (χ3n) is 4.61. The standard InChI is InChI=1S/C22H25NO3S/c1-5-20(23(3)22(25)26)19-12-6-16(14-15(19)2)7-13-21(24)17-8-10-18(27-4)11-9-17/h6-14,20H,5H2,1-4H3,(H,25,26). The fourth-order valence-corrected chi connectivity index (χ4v) is 3.44. The third-order valence-corrected chi connectivity index (χ3v) is 5.35. The van der Waals surface area contributed by atoms with Crippen LogP contribution in [0.2, 0.25) is 0 Å². The minimum Gasteiger partial charge on any atom is -0.465 e. The Labute approximate surface area is 164 Å². The van der Waals surface area contributed by atoms with Crippen LogP contribution in [0, 0.1) is 6.92 Å². The minimum absolute atomic E-state index is 0.0403. The van der Waals surface area contributed by atoms with Crippen LogP contribution in [0.4, 0.5) is 4.79 Å². The van der Waals surface area contributed by atoms with Crippen LogP contribution < -0.4 is 0 Å². The highest BCUT2D eigenvalue weighted by Crippen LogP contribution is 2.27. The third kappa shape index (κ3) is 5.23. The minimum atomic E-state index is -0.941. The number of amides is 1. The molecule has 142 valence electrons. The molecule has 1 amide bonds. The summed E-state index contributed by atoms with van der Waals surface area (Å²) >= 11 is 1.64. The average Bonchev–Trinajstić information content (AvgIpc) is 2.67. The fraction of sp³-hybridized carbons (Fsp3) is 0.273. The number of aryl methyl sites for hydroxylation is 1. The van der Waals surface area contributed by atoms with Crippen LogP contribution in [-0.4, -0.2) is 35.2 Å². The van der Waals surface area contributed by atoms with Gasteiger partial charge in [0.1, 0.15) is 0 Å². The predicted octanol–water partition coefficient (Wildman–Crippen LogP) is 5.67. The van der Waals surface area contributed by atoms with Gasteiger partial charge in [0.15, 0.2) is 5.78 Å². The number of thioether (sulfide) groups is 1. The Bertz CT molecular complexity index is 843. The van der Waals surface area contributed by atoms with Crippen molar-refractivity contribution in [3.63, 3.8) is 0 Å². The summed E-state index contributed by atoms with van der Waals surface area (Å²) < 4.78 is 0. The molecule has 27 heavy (non-hydrogen) atoms. The van der Waals surface area contributed by atoms with E-state index in [1.807, 2.05) is 62.6 Å². The van der Waals surface area contributed by atoms with E-state index in [9.17, 15) is 14.7 Å². The molecular weight excluding hydrogens is 358 g/mol. The molecule has 0 spiro atoms. The summed E-state index contributed by atoms with van der Waals surface area (Å²) in [7, 11) is 1.59. The van der Waals surface area contributed by atoms with E-state index in [0.29, 0.717) is 12.0 Å². The van der Waals surface area contributed by atoms with Crippen molar-refractivity contribution in [2.24, 2.45) is 0 Å². The molecule has 5 heteroatoms. The number of benzene rings is 2. The van der Waals surface area contributed by atoms with E-state index in [-0.39, 0.29) is 11.8 Å². The molecule has 0 aliphatic carbocycles. The normalized spacial score (nSPS) is 12.1. The van der Waals surface area contributed by atoms with Crippen molar-refractivity contribution in [2.75, 3.05) is 13.3 Å². The molecular formula is C22H25NO3S. The number of rotatable bonds is 7. The summed E-state index contributed by atoms with van der Waals surface area (Å²) in [5.74, 6) is -0.0403. The maximum Gasteiger partial charge on any atom is 0.407 e. The molecule has 0 radical (unpaired) electrons. The Balaban J connectivity index is 2.17. The van der Waals surface area contributed by atoms with E-state index in [4.69, 9.17) is 0 Å². The van der Waals surface area contributed by atoms with Crippen LogP contribution in [0.25, 0.3) is 6.08 Å².